The van der Waals surface area contributed by atoms with Crippen LogP contribution in [-0.4, -0.2) is 23.2 Å². The van der Waals surface area contributed by atoms with Gasteiger partial charge in [-0.25, -0.2) is 9.78 Å². The van der Waals surface area contributed by atoms with Crippen LogP contribution in [-0.2, 0) is 0 Å². The lowest BCUT2D eigenvalue weighted by molar-refractivity contribution is 0.0701. The molecule has 12 heavy (non-hydrogen) atoms. The number of aryl methyl sites for hydroxylation is 1. The van der Waals surface area contributed by atoms with E-state index in [1.807, 2.05) is 0 Å². The molecule has 4 nitrogen and oxygen atoms in total. The number of carboxylic acids is 1. The lowest BCUT2D eigenvalue weighted by Crippen LogP contribution is -1.94. The fraction of sp³-hybridized carbons (Fsp3) is 0.333. The largest absolute Gasteiger partial charge is 0.477 e. The topological polar surface area (TPSA) is 59.4 Å². The highest BCUT2D eigenvalue weighted by Crippen LogP contribution is 2.23. The number of aromatic nitrogens is 1. The van der Waals surface area contributed by atoms with Gasteiger partial charge in [-0.3, -0.25) is 0 Å². The van der Waals surface area contributed by atoms with Gasteiger partial charge in [-0.15, -0.1) is 12.4 Å². The molecule has 0 bridgehead atoms. The van der Waals surface area contributed by atoms with Crippen molar-refractivity contribution in [2.75, 3.05) is 7.11 Å². The molecule has 0 unspecified atom stereocenters. The van der Waals surface area contributed by atoms with Gasteiger partial charge in [0.15, 0.2) is 0 Å². The van der Waals surface area contributed by atoms with Gasteiger partial charge >= 0.3 is 5.97 Å². The number of aromatic carboxylic acids is 1. The minimum absolute atomic E-state index is 0. The minimum Gasteiger partial charge on any atom is -0.477 e. The molecule has 1 rings (SSSR count). The quantitative estimate of drug-likeness (QED) is 0.804. The van der Waals surface area contributed by atoms with Gasteiger partial charge in [-0.2, -0.15) is 0 Å². The Balaban J connectivity index is 0.00000121. The molecule has 0 aromatic carbocycles. The third-order valence-corrected chi connectivity index (χ3v) is 2.25. The number of hydrogen-bond donors (Lipinski definition) is 1. The van der Waals surface area contributed by atoms with E-state index < -0.39 is 5.97 Å². The van der Waals surface area contributed by atoms with Crippen LogP contribution in [0.2, 0.25) is 0 Å². The molecule has 1 aromatic rings. The van der Waals surface area contributed by atoms with Crippen molar-refractivity contribution in [2.24, 2.45) is 0 Å². The molecule has 0 spiro atoms. The van der Waals surface area contributed by atoms with Crippen molar-refractivity contribution < 1.29 is 14.6 Å². The Hall–Kier alpha value is -0.810. The summed E-state index contributed by atoms with van der Waals surface area (Å²) < 4.78 is 4.77. The molecule has 1 heterocycles. The molecular formula is C6H8ClNO3S. The number of halogens is 1. The molecule has 1 N–H and O–H groups in total. The van der Waals surface area contributed by atoms with Crippen molar-refractivity contribution in [1.82, 2.24) is 4.98 Å². The first-order valence-electron chi connectivity index (χ1n) is 2.90. The highest BCUT2D eigenvalue weighted by Gasteiger charge is 2.13. The Bertz CT molecular complexity index is 286. The van der Waals surface area contributed by atoms with Crippen LogP contribution in [0, 0.1) is 6.92 Å². The molecule has 0 saturated carbocycles. The van der Waals surface area contributed by atoms with E-state index >= 15 is 0 Å². The molecule has 0 fully saturated rings. The standard InChI is InChI=1S/C6H7NO3S.ClH/c1-3-4(5(8)9)11-6(7-3)10-2;/h1-2H3,(H,8,9);1H. The van der Waals surface area contributed by atoms with Crippen LogP contribution in [0.1, 0.15) is 15.4 Å². The molecular weight excluding hydrogens is 202 g/mol. The van der Waals surface area contributed by atoms with Crippen LogP contribution in [0.4, 0.5) is 0 Å². The van der Waals surface area contributed by atoms with Crippen molar-refractivity contribution >= 4 is 29.7 Å². The Morgan fingerprint density at radius 1 is 1.67 bits per heavy atom. The average Bonchev–Trinajstić information content (AvgIpc) is 2.30. The predicted octanol–water partition coefficient (Wildman–Crippen LogP) is 1.58. The summed E-state index contributed by atoms with van der Waals surface area (Å²) in [6, 6.07) is 0. The number of methoxy groups -OCH3 is 1. The molecule has 0 aliphatic heterocycles. The van der Waals surface area contributed by atoms with Crippen LogP contribution in [0.25, 0.3) is 0 Å². The van der Waals surface area contributed by atoms with Gasteiger partial charge in [0.25, 0.3) is 5.19 Å². The maximum absolute atomic E-state index is 10.5. The predicted molar refractivity (Wildman–Crippen MR) is 47.6 cm³/mol. The van der Waals surface area contributed by atoms with E-state index in [2.05, 4.69) is 4.98 Å². The zero-order valence-electron chi connectivity index (χ0n) is 6.53. The Morgan fingerprint density at radius 2 is 2.25 bits per heavy atom. The van der Waals surface area contributed by atoms with E-state index in [1.165, 1.54) is 7.11 Å². The van der Waals surface area contributed by atoms with Crippen LogP contribution in [0.3, 0.4) is 0 Å². The number of ether oxygens (including phenoxy) is 1. The third kappa shape index (κ3) is 2.09. The lowest BCUT2D eigenvalue weighted by atomic mass is 10.4. The first-order chi connectivity index (χ1) is 5.15. The highest BCUT2D eigenvalue weighted by atomic mass is 35.5. The second kappa shape index (κ2) is 4.27. The highest BCUT2D eigenvalue weighted by molar-refractivity contribution is 7.15. The molecule has 0 atom stereocenters. The van der Waals surface area contributed by atoms with Crippen molar-refractivity contribution in [2.45, 2.75) is 6.92 Å². The minimum atomic E-state index is -0.955. The Labute approximate surface area is 79.6 Å². The summed E-state index contributed by atoms with van der Waals surface area (Å²) in [7, 11) is 1.46. The number of rotatable bonds is 2. The maximum Gasteiger partial charge on any atom is 0.347 e. The van der Waals surface area contributed by atoms with E-state index in [9.17, 15) is 4.79 Å². The van der Waals surface area contributed by atoms with Gasteiger partial charge in [0.1, 0.15) is 4.88 Å². The Kier molecular flexibility index (Phi) is 3.99. The zero-order chi connectivity index (χ0) is 8.43. The van der Waals surface area contributed by atoms with Crippen molar-refractivity contribution in [1.29, 1.82) is 0 Å². The summed E-state index contributed by atoms with van der Waals surface area (Å²) in [5.74, 6) is -0.955. The van der Waals surface area contributed by atoms with Gasteiger partial charge in [0, 0.05) is 0 Å². The Morgan fingerprint density at radius 3 is 2.50 bits per heavy atom. The summed E-state index contributed by atoms with van der Waals surface area (Å²) in [5.41, 5.74) is 0.499. The fourth-order valence-corrected chi connectivity index (χ4v) is 1.38. The van der Waals surface area contributed by atoms with Crippen LogP contribution >= 0.6 is 23.7 Å². The van der Waals surface area contributed by atoms with Gasteiger partial charge in [-0.1, -0.05) is 11.3 Å². The van der Waals surface area contributed by atoms with Gasteiger partial charge in [0.2, 0.25) is 0 Å². The van der Waals surface area contributed by atoms with E-state index in [4.69, 9.17) is 9.84 Å². The normalized spacial score (nSPS) is 8.83. The molecule has 0 aliphatic rings. The first-order valence-corrected chi connectivity index (χ1v) is 3.71. The SMILES string of the molecule is COc1nc(C)c(C(=O)O)s1.Cl. The summed E-state index contributed by atoms with van der Waals surface area (Å²) in [4.78, 5) is 14.6. The molecule has 0 amide bonds. The smallest absolute Gasteiger partial charge is 0.347 e. The van der Waals surface area contributed by atoms with Crippen molar-refractivity contribution in [3.8, 4) is 5.19 Å². The maximum atomic E-state index is 10.5. The summed E-state index contributed by atoms with van der Waals surface area (Å²) >= 11 is 1.03. The van der Waals surface area contributed by atoms with Crippen molar-refractivity contribution in [3.63, 3.8) is 0 Å². The second-order valence-corrected chi connectivity index (χ2v) is 2.87. The van der Waals surface area contributed by atoms with Crippen molar-refractivity contribution in [3.05, 3.63) is 10.6 Å². The van der Waals surface area contributed by atoms with Crippen LogP contribution in [0.15, 0.2) is 0 Å². The summed E-state index contributed by atoms with van der Waals surface area (Å²) in [6.07, 6.45) is 0. The number of nitrogens with zero attached hydrogens (tertiary/aromatic N) is 1. The molecule has 1 aromatic heterocycles. The van der Waals surface area contributed by atoms with Gasteiger partial charge in [0.05, 0.1) is 12.8 Å². The average molecular weight is 210 g/mol. The summed E-state index contributed by atoms with van der Waals surface area (Å²) in [6.45, 7) is 1.64. The molecule has 0 aliphatic carbocycles. The molecule has 0 saturated heterocycles. The lowest BCUT2D eigenvalue weighted by Gasteiger charge is -1.85. The van der Waals surface area contributed by atoms with E-state index in [-0.39, 0.29) is 17.3 Å². The van der Waals surface area contributed by atoms with Crippen LogP contribution < -0.4 is 4.74 Å². The molecule has 68 valence electrons. The van der Waals surface area contributed by atoms with E-state index in [0.29, 0.717) is 10.9 Å². The van der Waals surface area contributed by atoms with E-state index in [1.54, 1.807) is 6.92 Å². The molecule has 0 radical (unpaired) electrons. The number of hydrogen-bond acceptors (Lipinski definition) is 4. The second-order valence-electron chi connectivity index (χ2n) is 1.90. The first kappa shape index (κ1) is 11.2. The number of carbonyl (C=O) groups is 1. The van der Waals surface area contributed by atoms with Gasteiger partial charge in [-0.05, 0) is 6.92 Å². The van der Waals surface area contributed by atoms with Gasteiger partial charge < -0.3 is 9.84 Å². The zero-order valence-corrected chi connectivity index (χ0v) is 8.16. The fourth-order valence-electron chi connectivity index (χ4n) is 0.657. The van der Waals surface area contributed by atoms with Crippen LogP contribution in [0.5, 0.6) is 5.19 Å². The summed E-state index contributed by atoms with van der Waals surface area (Å²) in [5, 5.41) is 8.98. The number of thiazole rings is 1. The number of carboxylic acid groups (broad SMARTS) is 1. The monoisotopic (exact) mass is 209 g/mol. The molecule has 6 heteroatoms. The third-order valence-electron chi connectivity index (χ3n) is 1.15. The van der Waals surface area contributed by atoms with E-state index in [0.717, 1.165) is 11.3 Å².